The minimum Gasteiger partial charge on any atom is -0.453 e. The highest BCUT2D eigenvalue weighted by Crippen LogP contribution is 2.31. The van der Waals surface area contributed by atoms with E-state index in [0.717, 1.165) is 22.9 Å². The molecule has 2 aromatic heterocycles. The molecule has 44 heavy (non-hydrogen) atoms. The van der Waals surface area contributed by atoms with Gasteiger partial charge in [-0.2, -0.15) is 5.10 Å². The zero-order valence-corrected chi connectivity index (χ0v) is 23.6. The van der Waals surface area contributed by atoms with Gasteiger partial charge in [0.1, 0.15) is 23.0 Å². The molecule has 0 aliphatic rings. The maximum atomic E-state index is 15.1. The molecule has 0 fully saturated rings. The molecule has 0 radical (unpaired) electrons. The first-order valence-electron chi connectivity index (χ1n) is 13.0. The number of carbonyl (C=O) groups is 1. The van der Waals surface area contributed by atoms with Crippen LogP contribution in [0, 0.1) is 17.5 Å². The minimum absolute atomic E-state index is 0.0116. The number of aliphatic hydroxyl groups excluding tert-OH is 1. The van der Waals surface area contributed by atoms with Crippen molar-refractivity contribution in [2.45, 2.75) is 32.9 Å². The lowest BCUT2D eigenvalue weighted by Gasteiger charge is -2.15. The Labute approximate surface area is 247 Å². The fourth-order valence-corrected chi connectivity index (χ4v) is 3.93. The van der Waals surface area contributed by atoms with Gasteiger partial charge in [-0.15, -0.1) is 0 Å². The molecule has 0 aliphatic carbocycles. The highest BCUT2D eigenvalue weighted by atomic mass is 19.2. The third-order valence-electron chi connectivity index (χ3n) is 6.10. The first-order valence-corrected chi connectivity index (χ1v) is 13.0. The summed E-state index contributed by atoms with van der Waals surface area (Å²) >= 11 is 0. The second-order valence-corrected chi connectivity index (χ2v) is 9.73. The van der Waals surface area contributed by atoms with Crippen molar-refractivity contribution >= 4 is 23.2 Å². The second-order valence-electron chi connectivity index (χ2n) is 9.73. The number of amides is 1. The lowest BCUT2D eigenvalue weighted by molar-refractivity contribution is 0.101. The number of hydrogen-bond donors (Lipinski definition) is 4. The average molecular weight is 613 g/mol. The summed E-state index contributed by atoms with van der Waals surface area (Å²) < 4.78 is 49.5. The summed E-state index contributed by atoms with van der Waals surface area (Å²) in [6, 6.07) is 5.87. The van der Waals surface area contributed by atoms with E-state index in [9.17, 15) is 28.3 Å². The van der Waals surface area contributed by atoms with Crippen molar-refractivity contribution in [2.24, 2.45) is 10.7 Å². The van der Waals surface area contributed by atoms with Crippen LogP contribution in [0.25, 0.3) is 5.69 Å². The number of pyridine rings is 1. The van der Waals surface area contributed by atoms with Crippen LogP contribution < -0.4 is 32.8 Å². The highest BCUT2D eigenvalue weighted by molar-refractivity contribution is 6.04. The third kappa shape index (κ3) is 6.44. The zero-order valence-electron chi connectivity index (χ0n) is 23.6. The number of nitrogens with one attached hydrogen (secondary N) is 1. The maximum absolute atomic E-state index is 15.1. The Morgan fingerprint density at radius 1 is 1.05 bits per heavy atom. The summed E-state index contributed by atoms with van der Waals surface area (Å²) in [7, 11) is 0. The smallest absolute Gasteiger partial charge is 0.352 e. The summed E-state index contributed by atoms with van der Waals surface area (Å²) in [5.41, 5.74) is 8.61. The van der Waals surface area contributed by atoms with Crippen LogP contribution in [-0.4, -0.2) is 48.8 Å². The van der Waals surface area contributed by atoms with Crippen molar-refractivity contribution in [3.63, 3.8) is 0 Å². The van der Waals surface area contributed by atoms with Crippen molar-refractivity contribution in [3.8, 4) is 17.2 Å². The van der Waals surface area contributed by atoms with Gasteiger partial charge in [-0.1, -0.05) is 0 Å². The van der Waals surface area contributed by atoms with Crippen LogP contribution in [0.1, 0.15) is 42.9 Å². The molecule has 2 aromatic carbocycles. The molecule has 0 spiro atoms. The van der Waals surface area contributed by atoms with Crippen molar-refractivity contribution < 1.29 is 27.8 Å². The van der Waals surface area contributed by atoms with Crippen LogP contribution in [0.2, 0.25) is 0 Å². The third-order valence-corrected chi connectivity index (χ3v) is 6.10. The molecule has 0 saturated heterocycles. The molecule has 16 heteroatoms. The predicted molar refractivity (Wildman–Crippen MR) is 155 cm³/mol. The Balaban J connectivity index is 1.67. The van der Waals surface area contributed by atoms with Gasteiger partial charge in [0.2, 0.25) is 5.69 Å². The fourth-order valence-electron chi connectivity index (χ4n) is 3.93. The number of nitrogens with two attached hydrogens (primary N) is 2. The Kier molecular flexibility index (Phi) is 9.13. The van der Waals surface area contributed by atoms with Crippen LogP contribution in [0.3, 0.4) is 0 Å². The Bertz CT molecular complexity index is 1890. The lowest BCUT2D eigenvalue weighted by Crippen LogP contribution is -2.45. The van der Waals surface area contributed by atoms with E-state index in [-0.39, 0.29) is 46.7 Å². The van der Waals surface area contributed by atoms with Crippen LogP contribution in [-0.2, 0) is 0 Å². The van der Waals surface area contributed by atoms with Gasteiger partial charge >= 0.3 is 5.69 Å². The average Bonchev–Trinajstić information content (AvgIpc) is 2.96. The van der Waals surface area contributed by atoms with Gasteiger partial charge in [0.15, 0.2) is 23.2 Å². The van der Waals surface area contributed by atoms with E-state index in [2.05, 4.69) is 20.4 Å². The van der Waals surface area contributed by atoms with E-state index in [1.807, 2.05) is 0 Å². The quantitative estimate of drug-likeness (QED) is 0.162. The number of nitrogen functional groups attached to an aromatic ring is 1. The summed E-state index contributed by atoms with van der Waals surface area (Å²) in [5.74, 6) is -5.01. The standard InChI is InChI=1S/C28H27F3N8O5/c1-13(2)39-28(43)38(16-5-6-17(29)18(30)11-16)27(42)23(37-39)26(41)36-15-4-7-20(19(31)10-15)44-21-8-9-34-24(32)22(21)25(33)35-14(3)12-40/h4-11,13-14,40H,12H2,1-3H3,(H2,32,34)(H2,33,35)(H,36,41)/t14-/m1/s1. The largest absolute Gasteiger partial charge is 0.453 e. The second kappa shape index (κ2) is 12.8. The molecule has 4 rings (SSSR count). The van der Waals surface area contributed by atoms with Crippen molar-refractivity contribution in [3.05, 3.63) is 98.2 Å². The van der Waals surface area contributed by atoms with Gasteiger partial charge in [0.05, 0.1) is 24.4 Å². The molecular weight excluding hydrogens is 585 g/mol. The van der Waals surface area contributed by atoms with E-state index in [1.165, 1.54) is 24.4 Å². The minimum atomic E-state index is -1.32. The van der Waals surface area contributed by atoms with Crippen molar-refractivity contribution in [1.29, 1.82) is 0 Å². The molecule has 230 valence electrons. The van der Waals surface area contributed by atoms with E-state index >= 15 is 4.39 Å². The van der Waals surface area contributed by atoms with E-state index in [4.69, 9.17) is 16.2 Å². The number of halogens is 3. The van der Waals surface area contributed by atoms with Crippen LogP contribution in [0.15, 0.2) is 63.2 Å². The SMILES string of the molecule is CC(C)n1nc(C(=O)Nc2ccc(Oc3ccnc(N)c3C(N)=N[C@H](C)CO)c(F)c2)c(=O)n(-c2ccc(F)c(F)c2)c1=O. The zero-order chi connectivity index (χ0) is 32.3. The normalized spacial score (nSPS) is 12.3. The topological polar surface area (TPSA) is 193 Å². The molecule has 1 atom stereocenters. The number of aliphatic hydroxyl groups is 1. The first kappa shape index (κ1) is 31.4. The number of anilines is 2. The van der Waals surface area contributed by atoms with E-state index in [0.29, 0.717) is 10.6 Å². The first-order chi connectivity index (χ1) is 20.8. The number of carbonyl (C=O) groups excluding carboxylic acids is 1. The number of ether oxygens (including phenoxy) is 1. The fraction of sp³-hybridized carbons (Fsp3) is 0.214. The Morgan fingerprint density at radius 2 is 1.77 bits per heavy atom. The molecule has 13 nitrogen and oxygen atoms in total. The number of nitrogens with zero attached hydrogens (tertiary/aromatic N) is 5. The molecule has 4 aromatic rings. The van der Waals surface area contributed by atoms with Crippen molar-refractivity contribution in [2.75, 3.05) is 17.7 Å². The number of aliphatic imine (C=N–C) groups is 1. The van der Waals surface area contributed by atoms with Gasteiger partial charge in [-0.05, 0) is 45.0 Å². The molecule has 0 unspecified atom stereocenters. The molecule has 2 heterocycles. The van der Waals surface area contributed by atoms with Gasteiger partial charge in [0, 0.05) is 30.1 Å². The van der Waals surface area contributed by atoms with E-state index in [1.54, 1.807) is 20.8 Å². The maximum Gasteiger partial charge on any atom is 0.352 e. The predicted octanol–water partition coefficient (Wildman–Crippen LogP) is 2.50. The molecule has 6 N–H and O–H groups in total. The molecule has 1 amide bonds. The van der Waals surface area contributed by atoms with E-state index < -0.39 is 52.4 Å². The van der Waals surface area contributed by atoms with Gasteiger partial charge in [0.25, 0.3) is 11.5 Å². The number of benzene rings is 2. The summed E-state index contributed by atoms with van der Waals surface area (Å²) in [5, 5.41) is 15.5. The van der Waals surface area contributed by atoms with Gasteiger partial charge in [-0.3, -0.25) is 14.6 Å². The number of aromatic nitrogens is 4. The monoisotopic (exact) mass is 612 g/mol. The van der Waals surface area contributed by atoms with Gasteiger partial charge < -0.3 is 26.6 Å². The summed E-state index contributed by atoms with van der Waals surface area (Å²) in [4.78, 5) is 47.3. The summed E-state index contributed by atoms with van der Waals surface area (Å²) in [6.07, 6.45) is 1.31. The molecular formula is C28H27F3N8O5. The molecule has 0 aliphatic heterocycles. The Morgan fingerprint density at radius 3 is 2.41 bits per heavy atom. The molecule has 0 bridgehead atoms. The van der Waals surface area contributed by atoms with Crippen LogP contribution in [0.5, 0.6) is 11.5 Å². The number of rotatable bonds is 9. The molecule has 0 saturated carbocycles. The lowest BCUT2D eigenvalue weighted by atomic mass is 10.2. The van der Waals surface area contributed by atoms with Crippen LogP contribution >= 0.6 is 0 Å². The van der Waals surface area contributed by atoms with Crippen molar-refractivity contribution in [1.82, 2.24) is 19.3 Å². The highest BCUT2D eigenvalue weighted by Gasteiger charge is 2.23. The summed E-state index contributed by atoms with van der Waals surface area (Å²) in [6.45, 7) is 4.43. The van der Waals surface area contributed by atoms with Crippen LogP contribution in [0.4, 0.5) is 24.7 Å². The number of amidine groups is 1. The number of hydrogen-bond acceptors (Lipinski definition) is 9. The Hall–Kier alpha value is -5.51. The van der Waals surface area contributed by atoms with Gasteiger partial charge in [-0.25, -0.2) is 32.2 Å².